The van der Waals surface area contributed by atoms with Gasteiger partial charge in [0.05, 0.1) is 10.6 Å². The number of hydrogen-bond donors (Lipinski definition) is 2. The topological polar surface area (TPSA) is 96.6 Å². The van der Waals surface area contributed by atoms with Crippen LogP contribution in [0.3, 0.4) is 0 Å². The molecule has 0 aliphatic rings. The summed E-state index contributed by atoms with van der Waals surface area (Å²) < 4.78 is 39.9. The number of alkyl halides is 3. The lowest BCUT2D eigenvalue weighted by atomic mass is 10.1. The van der Waals surface area contributed by atoms with Crippen molar-refractivity contribution in [1.82, 2.24) is 14.6 Å². The van der Waals surface area contributed by atoms with Gasteiger partial charge in [0.2, 0.25) is 0 Å². The summed E-state index contributed by atoms with van der Waals surface area (Å²) in [6, 6.07) is 8.29. The van der Waals surface area contributed by atoms with E-state index in [-0.39, 0.29) is 22.6 Å². The largest absolute Gasteiger partial charge is 0.478 e. The third kappa shape index (κ3) is 3.97. The first-order chi connectivity index (χ1) is 14.6. The van der Waals surface area contributed by atoms with Gasteiger partial charge in [-0.1, -0.05) is 23.7 Å². The number of aromatic nitrogens is 3. The maximum atomic E-state index is 13.1. The van der Waals surface area contributed by atoms with E-state index in [0.717, 1.165) is 29.7 Å². The second-order valence-corrected chi connectivity index (χ2v) is 7.56. The molecule has 0 saturated heterocycles. The molecule has 4 rings (SSSR count). The second-order valence-electron chi connectivity index (χ2n) is 6.25. The molecule has 0 atom stereocenters. The lowest BCUT2D eigenvalue weighted by molar-refractivity contribution is -0.142. The number of fused-ring (bicyclic) bond motifs is 1. The van der Waals surface area contributed by atoms with Crippen LogP contribution < -0.4 is 5.32 Å². The molecule has 0 fully saturated rings. The summed E-state index contributed by atoms with van der Waals surface area (Å²) in [5.74, 6) is -2.15. The van der Waals surface area contributed by atoms with Crippen LogP contribution in [0.1, 0.15) is 26.5 Å². The Morgan fingerprint density at radius 1 is 1.16 bits per heavy atom. The minimum atomic E-state index is -4.70. The van der Waals surface area contributed by atoms with Gasteiger partial charge in [0.25, 0.3) is 5.91 Å². The standard InChI is InChI=1S/C19H10ClF3N4O3S/c20-10-3-1-9(2-4-10)16-15(18(29)30)12(8-31-16)25-17(28)11-7-14-24-6-5-13(19(21,22)23)27(14)26-11/h1-8H,(H,25,28)(H,29,30). The molecular weight excluding hydrogens is 457 g/mol. The van der Waals surface area contributed by atoms with Crippen molar-refractivity contribution in [2.45, 2.75) is 6.18 Å². The quantitative estimate of drug-likeness (QED) is 0.437. The first-order valence-corrected chi connectivity index (χ1v) is 9.75. The van der Waals surface area contributed by atoms with E-state index in [1.54, 1.807) is 24.3 Å². The second kappa shape index (κ2) is 7.67. The highest BCUT2D eigenvalue weighted by atomic mass is 35.5. The van der Waals surface area contributed by atoms with Crippen LogP contribution in [-0.4, -0.2) is 31.6 Å². The van der Waals surface area contributed by atoms with E-state index in [4.69, 9.17) is 11.6 Å². The number of thiophene rings is 1. The van der Waals surface area contributed by atoms with E-state index < -0.39 is 23.7 Å². The average Bonchev–Trinajstić information content (AvgIpc) is 3.31. The molecule has 3 aromatic heterocycles. The van der Waals surface area contributed by atoms with Crippen LogP contribution in [0.2, 0.25) is 5.02 Å². The molecule has 0 unspecified atom stereocenters. The summed E-state index contributed by atoms with van der Waals surface area (Å²) in [7, 11) is 0. The first kappa shape index (κ1) is 20.8. The van der Waals surface area contributed by atoms with Crippen molar-refractivity contribution in [2.75, 3.05) is 5.32 Å². The summed E-state index contributed by atoms with van der Waals surface area (Å²) in [6.07, 6.45) is -3.74. The normalized spacial score (nSPS) is 11.6. The number of aromatic carboxylic acids is 1. The summed E-state index contributed by atoms with van der Waals surface area (Å²) in [5, 5.41) is 17.7. The van der Waals surface area contributed by atoms with Gasteiger partial charge in [0.15, 0.2) is 11.3 Å². The van der Waals surface area contributed by atoms with Gasteiger partial charge in [-0.05, 0) is 23.8 Å². The molecular formula is C19H10ClF3N4O3S. The van der Waals surface area contributed by atoms with Crippen LogP contribution in [0.25, 0.3) is 16.1 Å². The van der Waals surface area contributed by atoms with Crippen LogP contribution in [0.5, 0.6) is 0 Å². The van der Waals surface area contributed by atoms with E-state index in [9.17, 15) is 27.9 Å². The molecule has 12 heteroatoms. The van der Waals surface area contributed by atoms with Gasteiger partial charge in [-0.15, -0.1) is 11.3 Å². The summed E-state index contributed by atoms with van der Waals surface area (Å²) in [6.45, 7) is 0. The zero-order valence-corrected chi connectivity index (χ0v) is 16.7. The average molecular weight is 467 g/mol. The molecule has 1 amide bonds. The zero-order valence-electron chi connectivity index (χ0n) is 15.1. The van der Waals surface area contributed by atoms with E-state index in [1.165, 1.54) is 5.38 Å². The van der Waals surface area contributed by atoms with Crippen molar-refractivity contribution in [3.8, 4) is 10.4 Å². The minimum absolute atomic E-state index is 0.00601. The van der Waals surface area contributed by atoms with Gasteiger partial charge in [-0.25, -0.2) is 14.3 Å². The molecule has 158 valence electrons. The Morgan fingerprint density at radius 3 is 2.52 bits per heavy atom. The molecule has 0 aliphatic heterocycles. The van der Waals surface area contributed by atoms with Crippen LogP contribution >= 0.6 is 22.9 Å². The molecule has 3 heterocycles. The molecule has 0 spiro atoms. The number of amides is 1. The number of carbonyl (C=O) groups is 2. The van der Waals surface area contributed by atoms with Crippen molar-refractivity contribution in [3.63, 3.8) is 0 Å². The Hall–Kier alpha value is -3.44. The highest BCUT2D eigenvalue weighted by Gasteiger charge is 2.34. The molecule has 0 aliphatic carbocycles. The van der Waals surface area contributed by atoms with Gasteiger partial charge >= 0.3 is 12.1 Å². The lowest BCUT2D eigenvalue weighted by Gasteiger charge is -2.07. The number of anilines is 1. The molecule has 0 radical (unpaired) electrons. The number of benzene rings is 1. The lowest BCUT2D eigenvalue weighted by Crippen LogP contribution is -2.16. The maximum Gasteiger partial charge on any atom is 0.433 e. The zero-order chi connectivity index (χ0) is 22.3. The number of halogens is 4. The van der Waals surface area contributed by atoms with Crippen LogP contribution in [-0.2, 0) is 6.18 Å². The van der Waals surface area contributed by atoms with E-state index >= 15 is 0 Å². The minimum Gasteiger partial charge on any atom is -0.478 e. The fraction of sp³-hybridized carbons (Fsp3) is 0.0526. The fourth-order valence-electron chi connectivity index (χ4n) is 2.88. The number of nitrogens with one attached hydrogen (secondary N) is 1. The SMILES string of the molecule is O=C(Nc1csc(-c2ccc(Cl)cc2)c1C(=O)O)c1cc2nccc(C(F)(F)F)n2n1. The summed E-state index contributed by atoms with van der Waals surface area (Å²) >= 11 is 6.95. The molecule has 4 aromatic rings. The maximum absolute atomic E-state index is 13.1. The number of nitrogens with zero attached hydrogens (tertiary/aromatic N) is 3. The summed E-state index contributed by atoms with van der Waals surface area (Å²) in [4.78, 5) is 28.6. The van der Waals surface area contributed by atoms with Gasteiger partial charge in [0.1, 0.15) is 11.3 Å². The van der Waals surface area contributed by atoms with Gasteiger partial charge in [-0.3, -0.25) is 4.79 Å². The Morgan fingerprint density at radius 2 is 1.87 bits per heavy atom. The predicted molar refractivity (Wildman–Crippen MR) is 108 cm³/mol. The van der Waals surface area contributed by atoms with E-state index in [1.807, 2.05) is 0 Å². The van der Waals surface area contributed by atoms with Crippen molar-refractivity contribution in [3.05, 3.63) is 69.9 Å². The van der Waals surface area contributed by atoms with Gasteiger partial charge in [0, 0.05) is 22.7 Å². The molecule has 2 N–H and O–H groups in total. The van der Waals surface area contributed by atoms with Crippen molar-refractivity contribution in [1.29, 1.82) is 0 Å². The smallest absolute Gasteiger partial charge is 0.433 e. The Bertz CT molecular complexity index is 1320. The highest BCUT2D eigenvalue weighted by molar-refractivity contribution is 7.14. The fourth-order valence-corrected chi connectivity index (χ4v) is 4.01. The number of carboxylic acids is 1. The summed E-state index contributed by atoms with van der Waals surface area (Å²) in [5.41, 5.74) is -1.19. The number of hydrogen-bond acceptors (Lipinski definition) is 5. The molecule has 1 aromatic carbocycles. The van der Waals surface area contributed by atoms with E-state index in [2.05, 4.69) is 15.4 Å². The van der Waals surface area contributed by atoms with Crippen LogP contribution in [0.4, 0.5) is 18.9 Å². The number of carboxylic acid groups (broad SMARTS) is 1. The molecule has 31 heavy (non-hydrogen) atoms. The monoisotopic (exact) mass is 466 g/mol. The third-order valence-electron chi connectivity index (χ3n) is 4.24. The van der Waals surface area contributed by atoms with E-state index in [0.29, 0.717) is 20.0 Å². The molecule has 0 saturated carbocycles. The van der Waals surface area contributed by atoms with Crippen molar-refractivity contribution >= 4 is 46.1 Å². The number of carbonyl (C=O) groups excluding carboxylic acids is 1. The van der Waals surface area contributed by atoms with Gasteiger partial charge < -0.3 is 10.4 Å². The van der Waals surface area contributed by atoms with Crippen molar-refractivity contribution in [2.24, 2.45) is 0 Å². The first-order valence-electron chi connectivity index (χ1n) is 8.49. The number of rotatable bonds is 4. The predicted octanol–water partition coefficient (Wildman–Crippen LogP) is 5.08. The molecule has 7 nitrogen and oxygen atoms in total. The third-order valence-corrected chi connectivity index (χ3v) is 5.52. The van der Waals surface area contributed by atoms with Crippen molar-refractivity contribution < 1.29 is 27.9 Å². The highest BCUT2D eigenvalue weighted by Crippen LogP contribution is 2.37. The Balaban J connectivity index is 1.69. The molecule has 0 bridgehead atoms. The Labute approximate surface area is 180 Å². The van der Waals surface area contributed by atoms with Gasteiger partial charge in [-0.2, -0.15) is 18.3 Å². The Kier molecular flexibility index (Phi) is 5.15. The van der Waals surface area contributed by atoms with Crippen LogP contribution in [0.15, 0.2) is 48.0 Å². The van der Waals surface area contributed by atoms with Crippen LogP contribution in [0, 0.1) is 0 Å².